The molecule has 5 heteroatoms. The van der Waals surface area contributed by atoms with Gasteiger partial charge in [0.25, 0.3) is 5.91 Å². The first-order chi connectivity index (χ1) is 7.59. The summed E-state index contributed by atoms with van der Waals surface area (Å²) in [4.78, 5) is 19.6. The van der Waals surface area contributed by atoms with Crippen molar-refractivity contribution in [2.45, 2.75) is 13.8 Å². The number of hydrogen-bond donors (Lipinski definition) is 1. The number of rotatable bonds is 2. The molecule has 0 aliphatic heterocycles. The Morgan fingerprint density at radius 1 is 1.44 bits per heavy atom. The van der Waals surface area contributed by atoms with Gasteiger partial charge in [0.15, 0.2) is 5.82 Å². The molecule has 2 rings (SSSR count). The van der Waals surface area contributed by atoms with Crippen molar-refractivity contribution < 1.29 is 4.79 Å². The first kappa shape index (κ1) is 10.4. The lowest BCUT2D eigenvalue weighted by atomic mass is 10.1. The normalized spacial score (nSPS) is 10.4. The van der Waals surface area contributed by atoms with Crippen LogP contribution in [0.1, 0.15) is 21.6 Å². The number of nitrogens with two attached hydrogens (primary N) is 1. The van der Waals surface area contributed by atoms with E-state index in [1.54, 1.807) is 23.3 Å². The van der Waals surface area contributed by atoms with Crippen molar-refractivity contribution >= 4 is 5.91 Å². The zero-order valence-electron chi connectivity index (χ0n) is 9.14. The Morgan fingerprint density at radius 2 is 2.19 bits per heavy atom. The molecule has 82 valence electrons. The first-order valence-electron chi connectivity index (χ1n) is 4.86. The Morgan fingerprint density at radius 3 is 2.75 bits per heavy atom. The van der Waals surface area contributed by atoms with Crippen LogP contribution in [0.15, 0.2) is 24.8 Å². The van der Waals surface area contributed by atoms with Gasteiger partial charge in [0, 0.05) is 18.1 Å². The summed E-state index contributed by atoms with van der Waals surface area (Å²) in [5, 5.41) is 0. The van der Waals surface area contributed by atoms with Crippen molar-refractivity contribution in [3.8, 4) is 5.82 Å². The average molecular weight is 216 g/mol. The molecule has 1 amide bonds. The number of nitrogens with zero attached hydrogens (tertiary/aromatic N) is 3. The van der Waals surface area contributed by atoms with Gasteiger partial charge >= 0.3 is 0 Å². The molecular weight excluding hydrogens is 204 g/mol. The van der Waals surface area contributed by atoms with Gasteiger partial charge in [0.2, 0.25) is 0 Å². The average Bonchev–Trinajstić information content (AvgIpc) is 2.67. The first-order valence-corrected chi connectivity index (χ1v) is 4.86. The van der Waals surface area contributed by atoms with Crippen LogP contribution >= 0.6 is 0 Å². The molecule has 2 N–H and O–H groups in total. The molecule has 0 radical (unpaired) electrons. The maximum absolute atomic E-state index is 11.4. The van der Waals surface area contributed by atoms with Gasteiger partial charge < -0.3 is 5.73 Å². The quantitative estimate of drug-likeness (QED) is 0.813. The second-order valence-corrected chi connectivity index (χ2v) is 3.61. The minimum absolute atomic E-state index is 0.434. The van der Waals surface area contributed by atoms with Gasteiger partial charge in [0.1, 0.15) is 6.33 Å². The molecule has 0 aliphatic rings. The summed E-state index contributed by atoms with van der Waals surface area (Å²) in [7, 11) is 0. The summed E-state index contributed by atoms with van der Waals surface area (Å²) >= 11 is 0. The van der Waals surface area contributed by atoms with E-state index in [1.165, 1.54) is 0 Å². The summed E-state index contributed by atoms with van der Waals surface area (Å²) in [6.07, 6.45) is 4.95. The van der Waals surface area contributed by atoms with E-state index in [4.69, 9.17) is 5.73 Å². The Kier molecular flexibility index (Phi) is 2.44. The van der Waals surface area contributed by atoms with Crippen LogP contribution in [0, 0.1) is 13.8 Å². The van der Waals surface area contributed by atoms with Crippen LogP contribution in [-0.2, 0) is 0 Å². The van der Waals surface area contributed by atoms with E-state index in [1.807, 2.05) is 19.9 Å². The lowest BCUT2D eigenvalue weighted by molar-refractivity contribution is 0.0999. The molecule has 16 heavy (non-hydrogen) atoms. The van der Waals surface area contributed by atoms with Gasteiger partial charge in [-0.25, -0.2) is 9.97 Å². The molecule has 0 aromatic carbocycles. The minimum Gasteiger partial charge on any atom is -0.365 e. The van der Waals surface area contributed by atoms with Crippen molar-refractivity contribution in [2.24, 2.45) is 5.73 Å². The van der Waals surface area contributed by atoms with Crippen LogP contribution in [0.5, 0.6) is 0 Å². The zero-order chi connectivity index (χ0) is 11.7. The predicted octanol–water partition coefficient (Wildman–Crippen LogP) is 0.983. The molecule has 0 saturated carbocycles. The lowest BCUT2D eigenvalue weighted by Crippen LogP contribution is -2.17. The summed E-state index contributed by atoms with van der Waals surface area (Å²) < 4.78 is 1.68. The topological polar surface area (TPSA) is 73.8 Å². The molecule has 5 nitrogen and oxygen atoms in total. The van der Waals surface area contributed by atoms with Gasteiger partial charge in [-0.05, 0) is 25.5 Å². The molecule has 0 aliphatic carbocycles. The van der Waals surface area contributed by atoms with Crippen molar-refractivity contribution in [2.75, 3.05) is 0 Å². The van der Waals surface area contributed by atoms with Gasteiger partial charge in [0.05, 0.1) is 5.56 Å². The third-order valence-electron chi connectivity index (χ3n) is 2.32. The number of aromatic nitrogens is 3. The van der Waals surface area contributed by atoms with Crippen LogP contribution in [0.25, 0.3) is 5.82 Å². The monoisotopic (exact) mass is 216 g/mol. The van der Waals surface area contributed by atoms with Crippen LogP contribution < -0.4 is 5.73 Å². The van der Waals surface area contributed by atoms with Gasteiger partial charge in [-0.1, -0.05) is 0 Å². The molecule has 0 unspecified atom stereocenters. The smallest absolute Gasteiger partial charge is 0.252 e. The van der Waals surface area contributed by atoms with E-state index >= 15 is 0 Å². The second kappa shape index (κ2) is 3.77. The van der Waals surface area contributed by atoms with Crippen molar-refractivity contribution in [3.05, 3.63) is 41.6 Å². The minimum atomic E-state index is -0.478. The van der Waals surface area contributed by atoms with Crippen LogP contribution in [0.4, 0.5) is 0 Å². The Bertz CT molecular complexity index is 531. The largest absolute Gasteiger partial charge is 0.365 e. The molecule has 0 spiro atoms. The fourth-order valence-electron chi connectivity index (χ4n) is 1.69. The highest BCUT2D eigenvalue weighted by Gasteiger charge is 2.14. The molecule has 0 atom stereocenters. The maximum Gasteiger partial charge on any atom is 0.252 e. The number of primary amides is 1. The summed E-state index contributed by atoms with van der Waals surface area (Å²) in [5.74, 6) is 0.0520. The third kappa shape index (κ3) is 1.67. The number of pyridine rings is 1. The van der Waals surface area contributed by atoms with E-state index in [0.29, 0.717) is 11.4 Å². The van der Waals surface area contributed by atoms with Crippen molar-refractivity contribution in [1.82, 2.24) is 14.5 Å². The number of imidazole rings is 1. The molecule has 0 saturated heterocycles. The number of aryl methyl sites for hydroxylation is 2. The van der Waals surface area contributed by atoms with E-state index in [-0.39, 0.29) is 0 Å². The van der Waals surface area contributed by atoms with Crippen molar-refractivity contribution in [1.29, 1.82) is 0 Å². The number of amides is 1. The SMILES string of the molecule is Cc1cc(C)c(C(N)=O)c(-n2ccnc2)n1. The second-order valence-electron chi connectivity index (χ2n) is 3.61. The predicted molar refractivity (Wildman–Crippen MR) is 59.4 cm³/mol. The zero-order valence-corrected chi connectivity index (χ0v) is 9.14. The van der Waals surface area contributed by atoms with Gasteiger partial charge in [-0.2, -0.15) is 0 Å². The third-order valence-corrected chi connectivity index (χ3v) is 2.32. The van der Waals surface area contributed by atoms with E-state index in [9.17, 15) is 4.79 Å². The molecule has 2 aromatic rings. The molecular formula is C11H12N4O. The van der Waals surface area contributed by atoms with Crippen molar-refractivity contribution in [3.63, 3.8) is 0 Å². The molecule has 2 heterocycles. The van der Waals surface area contributed by atoms with Crippen LogP contribution in [0.3, 0.4) is 0 Å². The Balaban J connectivity index is 2.72. The Labute approximate surface area is 92.9 Å². The number of hydrogen-bond acceptors (Lipinski definition) is 3. The van der Waals surface area contributed by atoms with Gasteiger partial charge in [-0.15, -0.1) is 0 Å². The maximum atomic E-state index is 11.4. The highest BCUT2D eigenvalue weighted by molar-refractivity contribution is 5.97. The fraction of sp³-hybridized carbons (Fsp3) is 0.182. The van der Waals surface area contributed by atoms with Gasteiger partial charge in [-0.3, -0.25) is 9.36 Å². The fourth-order valence-corrected chi connectivity index (χ4v) is 1.69. The molecule has 0 fully saturated rings. The Hall–Kier alpha value is -2.17. The number of carbonyl (C=O) groups is 1. The summed E-state index contributed by atoms with van der Waals surface area (Å²) in [6.45, 7) is 3.72. The highest BCUT2D eigenvalue weighted by Crippen LogP contribution is 2.16. The molecule has 2 aromatic heterocycles. The van der Waals surface area contributed by atoms with E-state index in [2.05, 4.69) is 9.97 Å². The van der Waals surface area contributed by atoms with Crippen LogP contribution in [-0.4, -0.2) is 20.4 Å². The lowest BCUT2D eigenvalue weighted by Gasteiger charge is -2.10. The van der Waals surface area contributed by atoms with E-state index in [0.717, 1.165) is 11.3 Å². The summed E-state index contributed by atoms with van der Waals surface area (Å²) in [6, 6.07) is 1.83. The highest BCUT2D eigenvalue weighted by atomic mass is 16.1. The van der Waals surface area contributed by atoms with E-state index < -0.39 is 5.91 Å². The standard InChI is InChI=1S/C11H12N4O/c1-7-5-8(2)14-11(9(7)10(12)16)15-4-3-13-6-15/h3-6H,1-2H3,(H2,12,16). The number of carbonyl (C=O) groups excluding carboxylic acids is 1. The van der Waals surface area contributed by atoms with Crippen LogP contribution in [0.2, 0.25) is 0 Å². The summed E-state index contributed by atoms with van der Waals surface area (Å²) in [5.41, 5.74) is 7.45. The molecule has 0 bridgehead atoms.